The third kappa shape index (κ3) is 1.72. The summed E-state index contributed by atoms with van der Waals surface area (Å²) in [6.07, 6.45) is 0. The highest BCUT2D eigenvalue weighted by Crippen LogP contribution is 2.30. The lowest BCUT2D eigenvalue weighted by Gasteiger charge is -2.04. The first-order chi connectivity index (χ1) is 8.34. The number of rotatable bonds is 2. The molecule has 1 heterocycles. The molecule has 0 amide bonds. The molecule has 0 saturated heterocycles. The Kier molecular flexibility index (Phi) is 2.22. The number of H-pyrrole nitrogens is 1. The molecule has 17 heavy (non-hydrogen) atoms. The second-order valence-corrected chi connectivity index (χ2v) is 3.95. The largest absolute Gasteiger partial charge is 0.395 e. The van der Waals surface area contributed by atoms with E-state index in [0.717, 1.165) is 28.1 Å². The molecule has 3 rings (SSSR count). The van der Waals surface area contributed by atoms with Gasteiger partial charge < -0.3 is 16.0 Å². The van der Waals surface area contributed by atoms with E-state index in [4.69, 9.17) is 5.73 Å². The van der Waals surface area contributed by atoms with E-state index in [-0.39, 0.29) is 0 Å². The number of anilines is 3. The van der Waals surface area contributed by atoms with E-state index in [1.807, 2.05) is 54.6 Å². The summed E-state index contributed by atoms with van der Waals surface area (Å²) in [4.78, 5) is 3.28. The third-order valence-electron chi connectivity index (χ3n) is 2.79. The predicted molar refractivity (Wildman–Crippen MR) is 72.4 cm³/mol. The summed E-state index contributed by atoms with van der Waals surface area (Å²) < 4.78 is 0. The summed E-state index contributed by atoms with van der Waals surface area (Å²) in [6.45, 7) is 0. The van der Waals surface area contributed by atoms with Crippen molar-refractivity contribution in [2.75, 3.05) is 11.1 Å². The van der Waals surface area contributed by atoms with Gasteiger partial charge in [0.15, 0.2) is 0 Å². The van der Waals surface area contributed by atoms with Gasteiger partial charge in [0.25, 0.3) is 0 Å². The number of fused-ring (bicyclic) bond motifs is 1. The van der Waals surface area contributed by atoms with Gasteiger partial charge in [-0.2, -0.15) is 0 Å². The van der Waals surface area contributed by atoms with Gasteiger partial charge in [0, 0.05) is 16.6 Å². The zero-order valence-electron chi connectivity index (χ0n) is 9.27. The van der Waals surface area contributed by atoms with E-state index >= 15 is 0 Å². The standard InChI is InChI=1S/C14H13N3/c15-13-11-8-4-5-9-12(11)17-14(13)16-10-6-2-1-3-7-10/h1-9,16-17H,15H2. The smallest absolute Gasteiger partial charge is 0.132 e. The van der Waals surface area contributed by atoms with Crippen molar-refractivity contribution >= 4 is 28.1 Å². The molecule has 0 atom stereocenters. The fraction of sp³-hybridized carbons (Fsp3) is 0. The van der Waals surface area contributed by atoms with E-state index in [0.29, 0.717) is 0 Å². The molecule has 3 nitrogen and oxygen atoms in total. The maximum atomic E-state index is 6.09. The first-order valence-corrected chi connectivity index (χ1v) is 5.53. The summed E-state index contributed by atoms with van der Waals surface area (Å²) in [5, 5.41) is 4.33. The molecule has 0 unspecified atom stereocenters. The number of hydrogen-bond donors (Lipinski definition) is 3. The molecule has 0 saturated carbocycles. The molecule has 2 aromatic carbocycles. The molecule has 0 spiro atoms. The van der Waals surface area contributed by atoms with Crippen molar-refractivity contribution in [1.29, 1.82) is 0 Å². The van der Waals surface area contributed by atoms with Crippen LogP contribution in [0, 0.1) is 0 Å². The quantitative estimate of drug-likeness (QED) is 0.622. The molecule has 84 valence electrons. The Labute approximate surface area is 99.3 Å². The monoisotopic (exact) mass is 223 g/mol. The maximum absolute atomic E-state index is 6.09. The van der Waals surface area contributed by atoms with Crippen LogP contribution < -0.4 is 11.1 Å². The Morgan fingerprint density at radius 2 is 1.59 bits per heavy atom. The van der Waals surface area contributed by atoms with Crippen molar-refractivity contribution < 1.29 is 0 Å². The zero-order valence-corrected chi connectivity index (χ0v) is 9.27. The second-order valence-electron chi connectivity index (χ2n) is 3.95. The van der Waals surface area contributed by atoms with Gasteiger partial charge in [-0.3, -0.25) is 0 Å². The predicted octanol–water partition coefficient (Wildman–Crippen LogP) is 3.49. The van der Waals surface area contributed by atoms with Crippen molar-refractivity contribution in [3.05, 3.63) is 54.6 Å². The fourth-order valence-corrected chi connectivity index (χ4v) is 1.93. The number of aromatic nitrogens is 1. The van der Waals surface area contributed by atoms with Crippen molar-refractivity contribution in [3.8, 4) is 0 Å². The van der Waals surface area contributed by atoms with Crippen LogP contribution in [0.25, 0.3) is 10.9 Å². The summed E-state index contributed by atoms with van der Waals surface area (Å²) in [6, 6.07) is 18.0. The summed E-state index contributed by atoms with van der Waals surface area (Å²) in [7, 11) is 0. The molecular weight excluding hydrogens is 210 g/mol. The van der Waals surface area contributed by atoms with Gasteiger partial charge >= 0.3 is 0 Å². The van der Waals surface area contributed by atoms with Crippen molar-refractivity contribution in [1.82, 2.24) is 4.98 Å². The Morgan fingerprint density at radius 3 is 2.35 bits per heavy atom. The summed E-state index contributed by atoms with van der Waals surface area (Å²) in [5.74, 6) is 0.845. The lowest BCUT2D eigenvalue weighted by atomic mass is 10.2. The first-order valence-electron chi connectivity index (χ1n) is 5.53. The van der Waals surface area contributed by atoms with Crippen LogP contribution in [0.2, 0.25) is 0 Å². The van der Waals surface area contributed by atoms with Crippen LogP contribution in [-0.4, -0.2) is 4.98 Å². The molecule has 0 bridgehead atoms. The van der Waals surface area contributed by atoms with Gasteiger partial charge in [-0.15, -0.1) is 0 Å². The highest BCUT2D eigenvalue weighted by atomic mass is 15.0. The lowest BCUT2D eigenvalue weighted by Crippen LogP contribution is -1.94. The van der Waals surface area contributed by atoms with Crippen LogP contribution in [0.15, 0.2) is 54.6 Å². The van der Waals surface area contributed by atoms with Crippen molar-refractivity contribution in [3.63, 3.8) is 0 Å². The minimum absolute atomic E-state index is 0.754. The van der Waals surface area contributed by atoms with Crippen LogP contribution in [0.3, 0.4) is 0 Å². The Morgan fingerprint density at radius 1 is 0.882 bits per heavy atom. The number of benzene rings is 2. The van der Waals surface area contributed by atoms with Crippen LogP contribution in [0.5, 0.6) is 0 Å². The number of nitrogens with one attached hydrogen (secondary N) is 2. The van der Waals surface area contributed by atoms with Gasteiger partial charge in [-0.25, -0.2) is 0 Å². The normalized spacial score (nSPS) is 10.6. The molecule has 0 radical (unpaired) electrons. The average molecular weight is 223 g/mol. The summed E-state index contributed by atoms with van der Waals surface area (Å²) >= 11 is 0. The van der Waals surface area contributed by atoms with Crippen molar-refractivity contribution in [2.45, 2.75) is 0 Å². The number of para-hydroxylation sites is 2. The Hall–Kier alpha value is -2.42. The Bertz CT molecular complexity index is 641. The SMILES string of the molecule is Nc1c(Nc2ccccc2)[nH]c2ccccc12. The number of nitrogens with two attached hydrogens (primary N) is 1. The van der Waals surface area contributed by atoms with E-state index in [1.54, 1.807) is 0 Å². The van der Waals surface area contributed by atoms with Crippen molar-refractivity contribution in [2.24, 2.45) is 0 Å². The number of aromatic amines is 1. The van der Waals surface area contributed by atoms with Gasteiger partial charge in [0.1, 0.15) is 5.82 Å². The van der Waals surface area contributed by atoms with E-state index in [9.17, 15) is 0 Å². The molecule has 3 heteroatoms. The minimum atomic E-state index is 0.754. The van der Waals surface area contributed by atoms with Gasteiger partial charge in [0.05, 0.1) is 5.69 Å². The molecule has 0 aliphatic heterocycles. The fourth-order valence-electron chi connectivity index (χ4n) is 1.93. The van der Waals surface area contributed by atoms with Gasteiger partial charge in [-0.1, -0.05) is 36.4 Å². The molecular formula is C14H13N3. The van der Waals surface area contributed by atoms with Crippen LogP contribution in [0.1, 0.15) is 0 Å². The minimum Gasteiger partial charge on any atom is -0.395 e. The van der Waals surface area contributed by atoms with Gasteiger partial charge in [0.2, 0.25) is 0 Å². The topological polar surface area (TPSA) is 53.8 Å². The molecule has 0 aliphatic rings. The molecule has 1 aromatic heterocycles. The van der Waals surface area contributed by atoms with E-state index < -0.39 is 0 Å². The maximum Gasteiger partial charge on any atom is 0.132 e. The Balaban J connectivity index is 2.04. The molecule has 3 aromatic rings. The van der Waals surface area contributed by atoms with Gasteiger partial charge in [-0.05, 0) is 18.2 Å². The third-order valence-corrected chi connectivity index (χ3v) is 2.79. The molecule has 4 N–H and O–H groups in total. The number of hydrogen-bond acceptors (Lipinski definition) is 2. The van der Waals surface area contributed by atoms with Crippen LogP contribution >= 0.6 is 0 Å². The first kappa shape index (κ1) is 9.78. The average Bonchev–Trinajstić information content (AvgIpc) is 2.68. The molecule has 0 aliphatic carbocycles. The van der Waals surface area contributed by atoms with Crippen LogP contribution in [0.4, 0.5) is 17.2 Å². The van der Waals surface area contributed by atoms with E-state index in [1.165, 1.54) is 0 Å². The highest BCUT2D eigenvalue weighted by molar-refractivity contribution is 5.99. The summed E-state index contributed by atoms with van der Waals surface area (Å²) in [5.41, 5.74) is 8.91. The lowest BCUT2D eigenvalue weighted by molar-refractivity contribution is 1.42. The zero-order chi connectivity index (χ0) is 11.7. The van der Waals surface area contributed by atoms with E-state index in [2.05, 4.69) is 10.3 Å². The highest BCUT2D eigenvalue weighted by Gasteiger charge is 2.07. The second kappa shape index (κ2) is 3.87. The number of nitrogen functional groups attached to an aromatic ring is 1. The van der Waals surface area contributed by atoms with Crippen LogP contribution in [-0.2, 0) is 0 Å². The molecule has 0 fully saturated rings.